The largest absolute Gasteiger partial charge is 0.550 e. The van der Waals surface area contributed by atoms with Crippen molar-refractivity contribution in [3.05, 3.63) is 0 Å². The lowest BCUT2D eigenvalue weighted by atomic mass is 9.66. The summed E-state index contributed by atoms with van der Waals surface area (Å²) in [6.45, 7) is 0. The lowest BCUT2D eigenvalue weighted by Crippen LogP contribution is -2.36. The Bertz CT molecular complexity index is 272. The van der Waals surface area contributed by atoms with Crippen LogP contribution < -0.4 is 5.11 Å². The Morgan fingerprint density at radius 2 is 2.13 bits per heavy atom. The van der Waals surface area contributed by atoms with Crippen molar-refractivity contribution in [2.75, 3.05) is 0 Å². The molecule has 0 aromatic heterocycles. The van der Waals surface area contributed by atoms with Crippen molar-refractivity contribution in [2.45, 2.75) is 44.9 Å². The number of carboxylic acids is 1. The van der Waals surface area contributed by atoms with Crippen LogP contribution in [0.25, 0.3) is 0 Å². The topological polar surface area (TPSA) is 57.2 Å². The molecule has 0 saturated heterocycles. The van der Waals surface area contributed by atoms with E-state index in [2.05, 4.69) is 0 Å². The molecular weight excluding hydrogens is 192 g/mol. The number of carbonyl (C=O) groups excluding carboxylic acids is 2. The zero-order valence-corrected chi connectivity index (χ0v) is 8.91. The number of aliphatic carboxylic acids is 1. The van der Waals surface area contributed by atoms with E-state index in [0.717, 1.165) is 19.3 Å². The minimum absolute atomic E-state index is 0.00644. The first kappa shape index (κ1) is 10.7. The summed E-state index contributed by atoms with van der Waals surface area (Å²) in [5.74, 6) is 0.218. The van der Waals surface area contributed by atoms with Gasteiger partial charge in [0.1, 0.15) is 5.78 Å². The van der Waals surface area contributed by atoms with Crippen molar-refractivity contribution in [3.63, 3.8) is 0 Å². The highest BCUT2D eigenvalue weighted by atomic mass is 16.4. The second-order valence-electron chi connectivity index (χ2n) is 4.98. The van der Waals surface area contributed by atoms with Gasteiger partial charge in [-0.15, -0.1) is 0 Å². The van der Waals surface area contributed by atoms with Crippen molar-refractivity contribution < 1.29 is 14.7 Å². The maximum Gasteiger partial charge on any atom is 0.139 e. The molecule has 3 atom stereocenters. The zero-order chi connectivity index (χ0) is 10.8. The number of rotatable bonds is 3. The van der Waals surface area contributed by atoms with Crippen molar-refractivity contribution in [1.82, 2.24) is 0 Å². The van der Waals surface area contributed by atoms with Crippen molar-refractivity contribution in [2.24, 2.45) is 17.8 Å². The van der Waals surface area contributed by atoms with Gasteiger partial charge in [0.15, 0.2) is 0 Å². The number of hydrogen-bond acceptors (Lipinski definition) is 3. The highest BCUT2D eigenvalue weighted by Crippen LogP contribution is 2.41. The molecule has 0 spiro atoms. The number of carbonyl (C=O) groups is 2. The van der Waals surface area contributed by atoms with Gasteiger partial charge in [0.05, 0.1) is 0 Å². The Labute approximate surface area is 89.9 Å². The normalized spacial score (nSPS) is 35.2. The van der Waals surface area contributed by atoms with E-state index in [1.54, 1.807) is 0 Å². The number of hydrogen-bond donors (Lipinski definition) is 0. The quantitative estimate of drug-likeness (QED) is 0.694. The van der Waals surface area contributed by atoms with Crippen LogP contribution in [0.2, 0.25) is 0 Å². The third kappa shape index (κ3) is 2.39. The molecule has 0 aromatic rings. The van der Waals surface area contributed by atoms with E-state index >= 15 is 0 Å². The van der Waals surface area contributed by atoms with Gasteiger partial charge in [0.2, 0.25) is 0 Å². The van der Waals surface area contributed by atoms with Gasteiger partial charge >= 0.3 is 0 Å². The second kappa shape index (κ2) is 4.33. The Hall–Kier alpha value is -0.860. The van der Waals surface area contributed by atoms with E-state index in [1.807, 2.05) is 0 Å². The van der Waals surface area contributed by atoms with Crippen LogP contribution in [-0.4, -0.2) is 11.8 Å². The third-order valence-electron chi connectivity index (χ3n) is 3.90. The summed E-state index contributed by atoms with van der Waals surface area (Å²) in [7, 11) is 0. The molecule has 0 amide bonds. The highest BCUT2D eigenvalue weighted by Gasteiger charge is 2.37. The second-order valence-corrected chi connectivity index (χ2v) is 4.98. The van der Waals surface area contributed by atoms with E-state index in [0.29, 0.717) is 18.1 Å². The standard InChI is InChI=1S/C12H18O3/c13-11(14)5-4-10-7-8-2-1-3-9(6-8)12(10)15/h8-10H,1-7H2,(H,13,14)/p-1. The molecule has 2 rings (SSSR count). The molecule has 3 unspecified atom stereocenters. The maximum atomic E-state index is 11.9. The molecule has 2 saturated carbocycles. The average Bonchev–Trinajstić information content (AvgIpc) is 2.22. The highest BCUT2D eigenvalue weighted by molar-refractivity contribution is 5.84. The summed E-state index contributed by atoms with van der Waals surface area (Å²) >= 11 is 0. The molecule has 2 bridgehead atoms. The van der Waals surface area contributed by atoms with E-state index in [1.165, 1.54) is 12.8 Å². The van der Waals surface area contributed by atoms with E-state index in [4.69, 9.17) is 0 Å². The van der Waals surface area contributed by atoms with Crippen LogP contribution in [0.4, 0.5) is 0 Å². The fourth-order valence-electron chi connectivity index (χ4n) is 3.17. The predicted octanol–water partition coefficient (Wildman–Crippen LogP) is 0.912. The molecule has 0 aliphatic heterocycles. The fourth-order valence-corrected chi connectivity index (χ4v) is 3.17. The van der Waals surface area contributed by atoms with Gasteiger partial charge in [-0.25, -0.2) is 0 Å². The Kier molecular flexibility index (Phi) is 3.08. The lowest BCUT2D eigenvalue weighted by Gasteiger charge is -2.37. The number of carboxylic acid groups (broad SMARTS) is 1. The minimum atomic E-state index is -1.03. The summed E-state index contributed by atoms with van der Waals surface area (Å²) in [6.07, 6.45) is 5.93. The fraction of sp³-hybridized carbons (Fsp3) is 0.833. The zero-order valence-electron chi connectivity index (χ0n) is 8.91. The van der Waals surface area contributed by atoms with Gasteiger partial charge in [0, 0.05) is 17.8 Å². The number of ketones is 1. The molecule has 3 nitrogen and oxygen atoms in total. The lowest BCUT2D eigenvalue weighted by molar-refractivity contribution is -0.305. The van der Waals surface area contributed by atoms with Crippen LogP contribution in [0.1, 0.15) is 44.9 Å². The summed E-state index contributed by atoms with van der Waals surface area (Å²) in [4.78, 5) is 22.3. The predicted molar refractivity (Wildman–Crippen MR) is 52.8 cm³/mol. The number of Topliss-reactive ketones (excluding diaryl/α,β-unsaturated/α-hetero) is 1. The first-order valence-corrected chi connectivity index (χ1v) is 5.90. The molecule has 2 aliphatic rings. The maximum absolute atomic E-state index is 11.9. The van der Waals surface area contributed by atoms with Crippen LogP contribution in [0.5, 0.6) is 0 Å². The van der Waals surface area contributed by atoms with Crippen molar-refractivity contribution in [3.8, 4) is 0 Å². The summed E-state index contributed by atoms with van der Waals surface area (Å²) in [5, 5.41) is 10.4. The summed E-state index contributed by atoms with van der Waals surface area (Å²) in [6, 6.07) is 0. The van der Waals surface area contributed by atoms with Crippen LogP contribution >= 0.6 is 0 Å². The first-order chi connectivity index (χ1) is 7.16. The van der Waals surface area contributed by atoms with Crippen molar-refractivity contribution in [1.29, 1.82) is 0 Å². The monoisotopic (exact) mass is 209 g/mol. The van der Waals surface area contributed by atoms with Gasteiger partial charge in [0.25, 0.3) is 0 Å². The van der Waals surface area contributed by atoms with Crippen LogP contribution in [0.15, 0.2) is 0 Å². The Morgan fingerprint density at radius 3 is 2.87 bits per heavy atom. The minimum Gasteiger partial charge on any atom is -0.550 e. The van der Waals surface area contributed by atoms with Crippen LogP contribution in [0, 0.1) is 17.8 Å². The van der Waals surface area contributed by atoms with Gasteiger partial charge in [-0.05, 0) is 38.0 Å². The van der Waals surface area contributed by atoms with Crippen molar-refractivity contribution >= 4 is 11.8 Å². The van der Waals surface area contributed by atoms with Crippen LogP contribution in [0.3, 0.4) is 0 Å². The molecule has 3 heteroatoms. The molecule has 84 valence electrons. The SMILES string of the molecule is O=C([O-])CCC1CC2CCCC(C2)C1=O. The average molecular weight is 209 g/mol. The molecule has 0 radical (unpaired) electrons. The molecule has 15 heavy (non-hydrogen) atoms. The molecule has 0 N–H and O–H groups in total. The first-order valence-electron chi connectivity index (χ1n) is 5.90. The van der Waals surface area contributed by atoms with E-state index in [-0.39, 0.29) is 18.3 Å². The van der Waals surface area contributed by atoms with Gasteiger partial charge in [-0.1, -0.05) is 12.8 Å². The van der Waals surface area contributed by atoms with E-state index < -0.39 is 5.97 Å². The van der Waals surface area contributed by atoms with Gasteiger partial charge in [-0.2, -0.15) is 0 Å². The van der Waals surface area contributed by atoms with Gasteiger partial charge < -0.3 is 9.90 Å². The molecule has 2 fully saturated rings. The van der Waals surface area contributed by atoms with Gasteiger partial charge in [-0.3, -0.25) is 4.79 Å². The molecular formula is C12H17O3-. The summed E-state index contributed by atoms with van der Waals surface area (Å²) < 4.78 is 0. The Morgan fingerprint density at radius 1 is 1.33 bits per heavy atom. The molecule has 0 heterocycles. The third-order valence-corrected chi connectivity index (χ3v) is 3.90. The number of fused-ring (bicyclic) bond motifs is 2. The Balaban J connectivity index is 1.94. The van der Waals surface area contributed by atoms with Crippen LogP contribution in [-0.2, 0) is 9.59 Å². The summed E-state index contributed by atoms with van der Waals surface area (Å²) in [5.41, 5.74) is 0. The van der Waals surface area contributed by atoms with E-state index in [9.17, 15) is 14.7 Å². The molecule has 2 aliphatic carbocycles. The smallest absolute Gasteiger partial charge is 0.139 e. The molecule has 0 aromatic carbocycles.